The number of fused-ring (bicyclic) bond motifs is 1. The van der Waals surface area contributed by atoms with E-state index in [0.717, 1.165) is 48.1 Å². The average molecular weight is 336 g/mol. The summed E-state index contributed by atoms with van der Waals surface area (Å²) in [7, 11) is 1.94. The van der Waals surface area contributed by atoms with Crippen molar-refractivity contribution in [3.05, 3.63) is 18.2 Å². The van der Waals surface area contributed by atoms with Crippen molar-refractivity contribution >= 4 is 17.7 Å². The molecule has 0 aromatic heterocycles. The molecule has 1 saturated heterocycles. The lowest BCUT2D eigenvalue weighted by atomic mass is 10.2. The van der Waals surface area contributed by atoms with E-state index in [2.05, 4.69) is 5.32 Å². The monoisotopic (exact) mass is 336 g/mol. The van der Waals surface area contributed by atoms with E-state index in [1.807, 2.05) is 30.1 Å². The van der Waals surface area contributed by atoms with Crippen molar-refractivity contribution in [2.24, 2.45) is 0 Å². The smallest absolute Gasteiger partial charge is 0.223 e. The van der Waals surface area contributed by atoms with Crippen LogP contribution >= 0.6 is 11.8 Å². The molecule has 6 heteroatoms. The molecule has 1 aromatic carbocycles. The highest BCUT2D eigenvalue weighted by molar-refractivity contribution is 7.99. The number of benzene rings is 1. The summed E-state index contributed by atoms with van der Waals surface area (Å²) in [6.07, 6.45) is 2.81. The second kappa shape index (κ2) is 7.93. The highest BCUT2D eigenvalue weighted by atomic mass is 32.2. The standard InChI is InChI=1S/C17H24N2O3S/c1-18-12-13-3-2-7-19(13)17(20)6-10-23-14-4-5-15-16(11-14)22-9-8-21-15/h4-5,11,13,18H,2-3,6-10,12H2,1H3. The van der Waals surface area contributed by atoms with E-state index in [1.165, 1.54) is 0 Å². The summed E-state index contributed by atoms with van der Waals surface area (Å²) >= 11 is 1.70. The number of carbonyl (C=O) groups is 1. The van der Waals surface area contributed by atoms with Crippen molar-refractivity contribution < 1.29 is 14.3 Å². The molecule has 1 fully saturated rings. The second-order valence-electron chi connectivity index (χ2n) is 5.84. The molecule has 0 bridgehead atoms. The van der Waals surface area contributed by atoms with Crippen molar-refractivity contribution in [2.45, 2.75) is 30.2 Å². The Bertz CT molecular complexity index is 553. The molecule has 2 aliphatic rings. The van der Waals surface area contributed by atoms with Gasteiger partial charge in [0.25, 0.3) is 0 Å². The van der Waals surface area contributed by atoms with E-state index < -0.39 is 0 Å². The third kappa shape index (κ3) is 4.12. The first-order valence-electron chi connectivity index (χ1n) is 8.24. The molecule has 0 saturated carbocycles. The second-order valence-corrected chi connectivity index (χ2v) is 7.01. The van der Waals surface area contributed by atoms with Gasteiger partial charge in [0.05, 0.1) is 0 Å². The fourth-order valence-corrected chi connectivity index (χ4v) is 3.99. The number of nitrogens with one attached hydrogen (secondary N) is 1. The number of carbonyl (C=O) groups excluding carboxylic acids is 1. The third-order valence-corrected chi connectivity index (χ3v) is 5.23. The van der Waals surface area contributed by atoms with Crippen molar-refractivity contribution in [3.63, 3.8) is 0 Å². The number of rotatable bonds is 6. The predicted octanol–water partition coefficient (Wildman–Crippen LogP) is 2.15. The van der Waals surface area contributed by atoms with Gasteiger partial charge in [0.1, 0.15) is 13.2 Å². The lowest BCUT2D eigenvalue weighted by Crippen LogP contribution is -2.40. The molecular formula is C17H24N2O3S. The van der Waals surface area contributed by atoms with Crippen molar-refractivity contribution in [2.75, 3.05) is 39.1 Å². The minimum atomic E-state index is 0.271. The van der Waals surface area contributed by atoms with E-state index in [0.29, 0.717) is 25.7 Å². The molecule has 1 aromatic rings. The highest BCUT2D eigenvalue weighted by Crippen LogP contribution is 2.34. The molecule has 1 N–H and O–H groups in total. The number of hydrogen-bond acceptors (Lipinski definition) is 5. The van der Waals surface area contributed by atoms with Crippen molar-refractivity contribution in [1.82, 2.24) is 10.2 Å². The molecule has 2 heterocycles. The zero-order valence-corrected chi connectivity index (χ0v) is 14.4. The Labute approximate surface area is 141 Å². The molecule has 5 nitrogen and oxygen atoms in total. The number of thioether (sulfide) groups is 1. The van der Waals surface area contributed by atoms with Crippen LogP contribution in [0.4, 0.5) is 0 Å². The first kappa shape index (κ1) is 16.5. The maximum absolute atomic E-state index is 12.4. The average Bonchev–Trinajstić information content (AvgIpc) is 3.03. The van der Waals surface area contributed by atoms with Gasteiger partial charge in [0.2, 0.25) is 5.91 Å². The maximum atomic E-state index is 12.4. The SMILES string of the molecule is CNCC1CCCN1C(=O)CCSc1ccc2c(c1)OCCO2. The molecule has 0 spiro atoms. The van der Waals surface area contributed by atoms with Crippen LogP contribution in [-0.2, 0) is 4.79 Å². The van der Waals surface area contributed by atoms with Gasteiger partial charge < -0.3 is 19.7 Å². The van der Waals surface area contributed by atoms with Gasteiger partial charge in [-0.3, -0.25) is 4.79 Å². The van der Waals surface area contributed by atoms with Gasteiger partial charge in [0, 0.05) is 36.2 Å². The van der Waals surface area contributed by atoms with E-state index in [1.54, 1.807) is 11.8 Å². The number of ether oxygens (including phenoxy) is 2. The van der Waals surface area contributed by atoms with Gasteiger partial charge in [0.15, 0.2) is 11.5 Å². The van der Waals surface area contributed by atoms with Crippen LogP contribution in [0.15, 0.2) is 23.1 Å². The molecule has 0 aliphatic carbocycles. The first-order valence-corrected chi connectivity index (χ1v) is 9.23. The quantitative estimate of drug-likeness (QED) is 0.807. The van der Waals surface area contributed by atoms with E-state index in [-0.39, 0.29) is 5.91 Å². The van der Waals surface area contributed by atoms with Crippen molar-refractivity contribution in [1.29, 1.82) is 0 Å². The van der Waals surface area contributed by atoms with Gasteiger partial charge >= 0.3 is 0 Å². The number of hydrogen-bond donors (Lipinski definition) is 1. The molecule has 1 atom stereocenters. The molecule has 23 heavy (non-hydrogen) atoms. The van der Waals surface area contributed by atoms with Crippen molar-refractivity contribution in [3.8, 4) is 11.5 Å². The normalized spacial score (nSPS) is 19.9. The minimum absolute atomic E-state index is 0.271. The zero-order valence-electron chi connectivity index (χ0n) is 13.5. The number of likely N-dealkylation sites (N-methyl/N-ethyl adjacent to an activating group) is 1. The predicted molar refractivity (Wildman–Crippen MR) is 91.4 cm³/mol. The molecule has 0 radical (unpaired) electrons. The van der Waals surface area contributed by atoms with Crippen LogP contribution < -0.4 is 14.8 Å². The fraction of sp³-hybridized carbons (Fsp3) is 0.588. The Morgan fingerprint density at radius 2 is 2.17 bits per heavy atom. The summed E-state index contributed by atoms with van der Waals surface area (Å²) in [5.74, 6) is 2.68. The molecule has 3 rings (SSSR count). The van der Waals surface area contributed by atoms with Gasteiger partial charge in [-0.15, -0.1) is 11.8 Å². The Morgan fingerprint density at radius 1 is 1.35 bits per heavy atom. The van der Waals surface area contributed by atoms with Gasteiger partial charge in [-0.1, -0.05) is 0 Å². The lowest BCUT2D eigenvalue weighted by molar-refractivity contribution is -0.131. The Kier molecular flexibility index (Phi) is 5.67. The van der Waals surface area contributed by atoms with Crippen LogP contribution in [0, 0.1) is 0 Å². The topological polar surface area (TPSA) is 50.8 Å². The summed E-state index contributed by atoms with van der Waals surface area (Å²) in [5, 5.41) is 3.18. The van der Waals surface area contributed by atoms with Crippen LogP contribution in [0.25, 0.3) is 0 Å². The largest absolute Gasteiger partial charge is 0.486 e. The molecular weight excluding hydrogens is 312 g/mol. The molecule has 2 aliphatic heterocycles. The Hall–Kier alpha value is -1.40. The fourth-order valence-electron chi connectivity index (χ4n) is 3.13. The highest BCUT2D eigenvalue weighted by Gasteiger charge is 2.27. The Morgan fingerprint density at radius 3 is 3.00 bits per heavy atom. The summed E-state index contributed by atoms with van der Waals surface area (Å²) < 4.78 is 11.1. The van der Waals surface area contributed by atoms with Gasteiger partial charge in [-0.05, 0) is 38.1 Å². The van der Waals surface area contributed by atoms with E-state index in [9.17, 15) is 4.79 Å². The third-order valence-electron chi connectivity index (χ3n) is 4.24. The van der Waals surface area contributed by atoms with Crippen LogP contribution in [0.3, 0.4) is 0 Å². The molecule has 1 unspecified atom stereocenters. The van der Waals surface area contributed by atoms with E-state index in [4.69, 9.17) is 9.47 Å². The zero-order chi connectivity index (χ0) is 16.1. The molecule has 1 amide bonds. The van der Waals surface area contributed by atoms with Gasteiger partial charge in [-0.2, -0.15) is 0 Å². The maximum Gasteiger partial charge on any atom is 0.223 e. The number of likely N-dealkylation sites (tertiary alicyclic amines) is 1. The number of nitrogens with zero attached hydrogens (tertiary/aromatic N) is 1. The molecule has 126 valence electrons. The lowest BCUT2D eigenvalue weighted by Gasteiger charge is -2.24. The van der Waals surface area contributed by atoms with Crippen LogP contribution in [0.2, 0.25) is 0 Å². The first-order chi connectivity index (χ1) is 11.3. The summed E-state index contributed by atoms with van der Waals surface area (Å²) in [4.78, 5) is 15.6. The minimum Gasteiger partial charge on any atom is -0.486 e. The van der Waals surface area contributed by atoms with E-state index >= 15 is 0 Å². The van der Waals surface area contributed by atoms with Crippen LogP contribution in [0.1, 0.15) is 19.3 Å². The summed E-state index contributed by atoms with van der Waals surface area (Å²) in [6.45, 7) is 3.00. The summed E-state index contributed by atoms with van der Waals surface area (Å²) in [6, 6.07) is 6.35. The number of amides is 1. The Balaban J connectivity index is 1.48. The van der Waals surface area contributed by atoms with Crippen LogP contribution in [-0.4, -0.2) is 56.0 Å². The van der Waals surface area contributed by atoms with Gasteiger partial charge in [-0.25, -0.2) is 0 Å². The summed E-state index contributed by atoms with van der Waals surface area (Å²) in [5.41, 5.74) is 0. The van der Waals surface area contributed by atoms with Crippen LogP contribution in [0.5, 0.6) is 11.5 Å².